The minimum atomic E-state index is -0.502. The SMILES string of the molecule is COc1cc([N+](=O)[O-])ccc1NC(=O)CC1CCNC1. The van der Waals surface area contributed by atoms with E-state index in [0.29, 0.717) is 18.0 Å². The molecule has 7 nitrogen and oxygen atoms in total. The van der Waals surface area contributed by atoms with Crippen LogP contribution in [0.2, 0.25) is 0 Å². The molecular weight excluding hydrogens is 262 g/mol. The molecule has 2 rings (SSSR count). The van der Waals surface area contributed by atoms with E-state index in [2.05, 4.69) is 10.6 Å². The Balaban J connectivity index is 2.04. The molecule has 0 radical (unpaired) electrons. The van der Waals surface area contributed by atoms with Gasteiger partial charge in [-0.3, -0.25) is 14.9 Å². The van der Waals surface area contributed by atoms with Crippen molar-refractivity contribution in [2.24, 2.45) is 5.92 Å². The number of benzene rings is 1. The summed E-state index contributed by atoms with van der Waals surface area (Å²) < 4.78 is 5.08. The summed E-state index contributed by atoms with van der Waals surface area (Å²) in [6.45, 7) is 1.80. The Hall–Kier alpha value is -2.15. The maximum atomic E-state index is 11.9. The number of non-ortho nitro benzene ring substituents is 1. The molecule has 1 fully saturated rings. The van der Waals surface area contributed by atoms with Gasteiger partial charge in [-0.05, 0) is 31.5 Å². The van der Waals surface area contributed by atoms with E-state index >= 15 is 0 Å². The van der Waals surface area contributed by atoms with Crippen LogP contribution in [0, 0.1) is 16.0 Å². The third kappa shape index (κ3) is 3.45. The van der Waals surface area contributed by atoms with Gasteiger partial charge in [-0.2, -0.15) is 0 Å². The number of anilines is 1. The number of nitro benzene ring substituents is 1. The molecule has 1 amide bonds. The first-order valence-corrected chi connectivity index (χ1v) is 6.43. The first-order valence-electron chi connectivity index (χ1n) is 6.43. The summed E-state index contributed by atoms with van der Waals surface area (Å²) in [5.74, 6) is 0.530. The zero-order valence-electron chi connectivity index (χ0n) is 11.2. The number of nitrogens with one attached hydrogen (secondary N) is 2. The van der Waals surface area contributed by atoms with Crippen LogP contribution in [0.1, 0.15) is 12.8 Å². The van der Waals surface area contributed by atoms with Crippen LogP contribution in [0.5, 0.6) is 5.75 Å². The molecule has 20 heavy (non-hydrogen) atoms. The molecule has 1 saturated heterocycles. The second-order valence-electron chi connectivity index (χ2n) is 4.75. The molecule has 1 aliphatic heterocycles. The fourth-order valence-corrected chi connectivity index (χ4v) is 2.25. The number of nitro groups is 1. The molecule has 1 aromatic rings. The fourth-order valence-electron chi connectivity index (χ4n) is 2.25. The number of hydrogen-bond donors (Lipinski definition) is 2. The topological polar surface area (TPSA) is 93.5 Å². The van der Waals surface area contributed by atoms with Crippen LogP contribution < -0.4 is 15.4 Å². The quantitative estimate of drug-likeness (QED) is 0.630. The minimum Gasteiger partial charge on any atom is -0.494 e. The number of amides is 1. The van der Waals surface area contributed by atoms with Crippen molar-refractivity contribution in [3.05, 3.63) is 28.3 Å². The molecule has 1 atom stereocenters. The predicted molar refractivity (Wildman–Crippen MR) is 73.9 cm³/mol. The first kappa shape index (κ1) is 14.3. The van der Waals surface area contributed by atoms with E-state index in [1.165, 1.54) is 25.3 Å². The highest BCUT2D eigenvalue weighted by atomic mass is 16.6. The van der Waals surface area contributed by atoms with E-state index in [1.807, 2.05) is 0 Å². The molecule has 0 aliphatic carbocycles. The minimum absolute atomic E-state index is 0.0696. The van der Waals surface area contributed by atoms with E-state index < -0.39 is 4.92 Å². The standard InChI is InChI=1S/C13H17N3O4/c1-20-12-7-10(16(18)19)2-3-11(12)15-13(17)6-9-4-5-14-8-9/h2-3,7,9,14H,4-6,8H2,1H3,(H,15,17). The Morgan fingerprint density at radius 2 is 2.40 bits per heavy atom. The Morgan fingerprint density at radius 1 is 1.60 bits per heavy atom. The summed E-state index contributed by atoms with van der Waals surface area (Å²) in [5, 5.41) is 16.6. The highest BCUT2D eigenvalue weighted by molar-refractivity contribution is 5.92. The molecule has 7 heteroatoms. The lowest BCUT2D eigenvalue weighted by Gasteiger charge is -2.12. The van der Waals surface area contributed by atoms with Gasteiger partial charge in [-0.15, -0.1) is 0 Å². The van der Waals surface area contributed by atoms with Gasteiger partial charge >= 0.3 is 0 Å². The lowest BCUT2D eigenvalue weighted by Crippen LogP contribution is -2.18. The van der Waals surface area contributed by atoms with Gasteiger partial charge in [0.25, 0.3) is 5.69 Å². The fraction of sp³-hybridized carbons (Fsp3) is 0.462. The monoisotopic (exact) mass is 279 g/mol. The van der Waals surface area contributed by atoms with Crippen molar-refractivity contribution < 1.29 is 14.5 Å². The molecule has 0 saturated carbocycles. The normalized spacial score (nSPS) is 17.8. The molecule has 0 aromatic heterocycles. The average molecular weight is 279 g/mol. The lowest BCUT2D eigenvalue weighted by atomic mass is 10.0. The zero-order valence-corrected chi connectivity index (χ0v) is 11.2. The molecule has 1 aliphatic rings. The van der Waals surface area contributed by atoms with Crippen molar-refractivity contribution in [1.82, 2.24) is 5.32 Å². The van der Waals surface area contributed by atoms with Crippen molar-refractivity contribution in [2.75, 3.05) is 25.5 Å². The average Bonchev–Trinajstić information content (AvgIpc) is 2.91. The van der Waals surface area contributed by atoms with Crippen molar-refractivity contribution >= 4 is 17.3 Å². The second-order valence-corrected chi connectivity index (χ2v) is 4.75. The number of rotatable bonds is 5. The molecule has 1 heterocycles. The highest BCUT2D eigenvalue weighted by Gasteiger charge is 2.19. The number of ether oxygens (including phenoxy) is 1. The van der Waals surface area contributed by atoms with Crippen LogP contribution in [0.25, 0.3) is 0 Å². The van der Waals surface area contributed by atoms with Gasteiger partial charge in [0.15, 0.2) is 0 Å². The molecule has 2 N–H and O–H groups in total. The van der Waals surface area contributed by atoms with Gasteiger partial charge < -0.3 is 15.4 Å². The Bertz CT molecular complexity index is 512. The third-order valence-corrected chi connectivity index (χ3v) is 3.31. The summed E-state index contributed by atoms with van der Waals surface area (Å²) >= 11 is 0. The Kier molecular flexibility index (Phi) is 4.52. The Morgan fingerprint density at radius 3 is 3.00 bits per heavy atom. The van der Waals surface area contributed by atoms with Crippen LogP contribution in [-0.4, -0.2) is 31.0 Å². The maximum absolute atomic E-state index is 11.9. The van der Waals surface area contributed by atoms with E-state index in [0.717, 1.165) is 19.5 Å². The molecule has 1 unspecified atom stereocenters. The van der Waals surface area contributed by atoms with Gasteiger partial charge in [0.05, 0.1) is 23.8 Å². The van der Waals surface area contributed by atoms with Gasteiger partial charge in [0, 0.05) is 12.5 Å². The van der Waals surface area contributed by atoms with Gasteiger partial charge in [-0.25, -0.2) is 0 Å². The number of hydrogen-bond acceptors (Lipinski definition) is 5. The summed E-state index contributed by atoms with van der Waals surface area (Å²) in [7, 11) is 1.41. The first-order chi connectivity index (χ1) is 9.60. The zero-order chi connectivity index (χ0) is 14.5. The van der Waals surface area contributed by atoms with E-state index in [4.69, 9.17) is 4.74 Å². The predicted octanol–water partition coefficient (Wildman–Crippen LogP) is 1.54. The van der Waals surface area contributed by atoms with Crippen molar-refractivity contribution in [3.8, 4) is 5.75 Å². The second kappa shape index (κ2) is 6.33. The number of carbonyl (C=O) groups excluding carboxylic acids is 1. The highest BCUT2D eigenvalue weighted by Crippen LogP contribution is 2.29. The van der Waals surface area contributed by atoms with Crippen molar-refractivity contribution in [1.29, 1.82) is 0 Å². The molecule has 0 spiro atoms. The number of carbonyl (C=O) groups is 1. The number of methoxy groups -OCH3 is 1. The summed E-state index contributed by atoms with van der Waals surface area (Å²) in [6, 6.07) is 4.13. The van der Waals surface area contributed by atoms with E-state index in [9.17, 15) is 14.9 Å². The molecular formula is C13H17N3O4. The van der Waals surface area contributed by atoms with Crippen molar-refractivity contribution in [2.45, 2.75) is 12.8 Å². The van der Waals surface area contributed by atoms with Crippen LogP contribution in [0.3, 0.4) is 0 Å². The van der Waals surface area contributed by atoms with Crippen molar-refractivity contribution in [3.63, 3.8) is 0 Å². The summed E-state index contributed by atoms with van der Waals surface area (Å²) in [4.78, 5) is 22.1. The van der Waals surface area contributed by atoms with Crippen LogP contribution in [0.4, 0.5) is 11.4 Å². The van der Waals surface area contributed by atoms with E-state index in [1.54, 1.807) is 0 Å². The Labute approximate surface area is 116 Å². The maximum Gasteiger partial charge on any atom is 0.273 e. The number of nitrogens with zero attached hydrogens (tertiary/aromatic N) is 1. The van der Waals surface area contributed by atoms with Crippen LogP contribution >= 0.6 is 0 Å². The van der Waals surface area contributed by atoms with E-state index in [-0.39, 0.29) is 17.3 Å². The molecule has 1 aromatic carbocycles. The summed E-state index contributed by atoms with van der Waals surface area (Å²) in [5.41, 5.74) is 0.383. The molecule has 0 bridgehead atoms. The largest absolute Gasteiger partial charge is 0.494 e. The van der Waals surface area contributed by atoms with Gasteiger partial charge in [0.1, 0.15) is 5.75 Å². The molecule has 108 valence electrons. The summed E-state index contributed by atoms with van der Waals surface area (Å²) in [6.07, 6.45) is 1.43. The van der Waals surface area contributed by atoms with Crippen LogP contribution in [-0.2, 0) is 4.79 Å². The van der Waals surface area contributed by atoms with Gasteiger partial charge in [0.2, 0.25) is 5.91 Å². The smallest absolute Gasteiger partial charge is 0.273 e. The van der Waals surface area contributed by atoms with Crippen LogP contribution in [0.15, 0.2) is 18.2 Å². The lowest BCUT2D eigenvalue weighted by molar-refractivity contribution is -0.384. The van der Waals surface area contributed by atoms with Gasteiger partial charge in [-0.1, -0.05) is 0 Å². The third-order valence-electron chi connectivity index (χ3n) is 3.31.